The van der Waals surface area contributed by atoms with E-state index >= 15 is 4.39 Å². The van der Waals surface area contributed by atoms with Crippen molar-refractivity contribution in [2.75, 3.05) is 69.6 Å². The molecule has 0 saturated carbocycles. The monoisotopic (exact) mass is 549 g/mol. The van der Waals surface area contributed by atoms with Crippen molar-refractivity contribution in [3.8, 4) is 0 Å². The molecule has 5 unspecified atom stereocenters. The Morgan fingerprint density at radius 2 is 1.92 bits per heavy atom. The van der Waals surface area contributed by atoms with Gasteiger partial charge in [0.2, 0.25) is 11.8 Å². The van der Waals surface area contributed by atoms with Gasteiger partial charge in [-0.05, 0) is 26.3 Å². The molecule has 0 spiro atoms. The number of alkyl halides is 1. The van der Waals surface area contributed by atoms with Gasteiger partial charge in [0.15, 0.2) is 12.0 Å². The largest absolute Gasteiger partial charge is 0.367 e. The highest BCUT2D eigenvalue weighted by atomic mass is 19.1. The van der Waals surface area contributed by atoms with Crippen LogP contribution >= 0.6 is 0 Å². The summed E-state index contributed by atoms with van der Waals surface area (Å²) in [5.74, 6) is -2.36. The number of hydrogen-bond donors (Lipinski definition) is 3. The number of anilines is 2. The topological polar surface area (TPSA) is 140 Å². The molecule has 4 aliphatic rings. The minimum atomic E-state index is -1.41. The number of nitrogens with two attached hydrogens (primary N) is 1. The summed E-state index contributed by atoms with van der Waals surface area (Å²) in [5, 5.41) is 8.46. The maximum absolute atomic E-state index is 15.1. The van der Waals surface area contributed by atoms with Gasteiger partial charge in [0, 0.05) is 64.3 Å². The van der Waals surface area contributed by atoms with Crippen molar-refractivity contribution in [1.82, 2.24) is 25.0 Å². The Morgan fingerprint density at radius 3 is 2.64 bits per heavy atom. The van der Waals surface area contributed by atoms with Crippen molar-refractivity contribution in [2.24, 2.45) is 22.7 Å². The molecule has 0 radical (unpaired) electrons. The average molecular weight is 550 g/mol. The van der Waals surface area contributed by atoms with Crippen LogP contribution in [0.25, 0.3) is 0 Å². The summed E-state index contributed by atoms with van der Waals surface area (Å²) in [6.07, 6.45) is 1.31. The number of nitrogens with zero attached hydrogens (tertiary/aromatic N) is 6. The zero-order valence-corrected chi connectivity index (χ0v) is 22.1. The highest BCUT2D eigenvalue weighted by Gasteiger charge is 2.41. The van der Waals surface area contributed by atoms with Gasteiger partial charge in [-0.25, -0.2) is 8.78 Å². The number of carbonyl (C=O) groups is 2. The number of aromatic nitrogens is 1. The number of piperidine rings is 1. The fourth-order valence-electron chi connectivity index (χ4n) is 6.48. The minimum Gasteiger partial charge on any atom is -0.367 e. The number of amides is 2. The molecule has 214 valence electrons. The molecule has 0 aromatic carbocycles. The van der Waals surface area contributed by atoms with E-state index in [-0.39, 0.29) is 42.3 Å². The van der Waals surface area contributed by atoms with E-state index in [0.717, 1.165) is 38.8 Å². The summed E-state index contributed by atoms with van der Waals surface area (Å²) in [7, 11) is 1.62. The molecular weight excluding hydrogens is 512 g/mol. The molecule has 4 aliphatic heterocycles. The molecule has 12 nitrogen and oxygen atoms in total. The number of pyridine rings is 1. The molecule has 2 amide bonds. The average Bonchev–Trinajstić information content (AvgIpc) is 3.30. The van der Waals surface area contributed by atoms with Crippen LogP contribution in [-0.2, 0) is 9.59 Å². The van der Waals surface area contributed by atoms with Gasteiger partial charge in [-0.2, -0.15) is 0 Å². The van der Waals surface area contributed by atoms with Gasteiger partial charge < -0.3 is 20.9 Å². The first-order valence-corrected chi connectivity index (χ1v) is 13.6. The number of halogens is 2. The summed E-state index contributed by atoms with van der Waals surface area (Å²) in [6.45, 7) is 4.60. The van der Waals surface area contributed by atoms with Crippen LogP contribution in [0, 0.1) is 22.6 Å². The van der Waals surface area contributed by atoms with Gasteiger partial charge in [0.25, 0.3) is 0 Å². The molecule has 6 atom stereocenters. The molecule has 39 heavy (non-hydrogen) atoms. The van der Waals surface area contributed by atoms with Crippen LogP contribution in [0.15, 0.2) is 17.6 Å². The summed E-state index contributed by atoms with van der Waals surface area (Å²) >= 11 is 0. The molecule has 2 bridgehead atoms. The van der Waals surface area contributed by atoms with Gasteiger partial charge in [0.05, 0.1) is 24.2 Å². The van der Waals surface area contributed by atoms with Crippen molar-refractivity contribution >= 4 is 23.2 Å². The molecule has 5 rings (SSSR count). The van der Waals surface area contributed by atoms with Gasteiger partial charge in [-0.3, -0.25) is 29.7 Å². The van der Waals surface area contributed by atoms with Crippen LogP contribution in [0.2, 0.25) is 0 Å². The summed E-state index contributed by atoms with van der Waals surface area (Å²) in [5.41, 5.74) is 6.21. The Hall–Kier alpha value is -2.81. The molecule has 4 saturated heterocycles. The van der Waals surface area contributed by atoms with Crippen molar-refractivity contribution in [1.29, 1.82) is 0 Å². The Balaban J connectivity index is 1.27. The van der Waals surface area contributed by atoms with E-state index in [1.54, 1.807) is 11.9 Å². The molecule has 5 heterocycles. The van der Waals surface area contributed by atoms with Crippen molar-refractivity contribution in [3.63, 3.8) is 0 Å². The fraction of sp³-hybridized carbons (Fsp3) is 0.720. The number of nitroso groups, excluding NO2 is 1. The number of carbonyl (C=O) groups excluding carboxylic acids is 2. The third kappa shape index (κ3) is 5.74. The first-order chi connectivity index (χ1) is 18.8. The molecule has 4 N–H and O–H groups in total. The van der Waals surface area contributed by atoms with Crippen LogP contribution in [0.5, 0.6) is 0 Å². The van der Waals surface area contributed by atoms with Gasteiger partial charge in [-0.1, -0.05) is 5.18 Å². The van der Waals surface area contributed by atoms with E-state index in [1.165, 1.54) is 6.20 Å². The molecule has 0 aliphatic carbocycles. The zero-order valence-electron chi connectivity index (χ0n) is 22.1. The molecule has 1 aromatic heterocycles. The summed E-state index contributed by atoms with van der Waals surface area (Å²) in [6, 6.07) is 0.289. The van der Waals surface area contributed by atoms with Crippen LogP contribution in [-0.4, -0.2) is 115 Å². The first-order valence-electron chi connectivity index (χ1n) is 13.6. The first kappa shape index (κ1) is 27.7. The molecule has 14 heteroatoms. The van der Waals surface area contributed by atoms with Crippen LogP contribution in [0.4, 0.5) is 20.2 Å². The lowest BCUT2D eigenvalue weighted by atomic mass is 9.93. The lowest BCUT2D eigenvalue weighted by Gasteiger charge is -2.40. The third-order valence-corrected chi connectivity index (χ3v) is 8.56. The van der Waals surface area contributed by atoms with Crippen LogP contribution < -0.4 is 21.3 Å². The predicted molar refractivity (Wildman–Crippen MR) is 141 cm³/mol. The SMILES string of the molecule is CN1CC(F)CNC1C(C(=O)Nc1cncc(F)c1N1CCC(C(=O)N2CCN3CC[C@@H]2C3)CC1)C(N)N=O. The molecule has 1 aromatic rings. The van der Waals surface area contributed by atoms with E-state index in [0.29, 0.717) is 25.9 Å². The predicted octanol–water partition coefficient (Wildman–Crippen LogP) is 0.159. The lowest BCUT2D eigenvalue weighted by molar-refractivity contribution is -0.139. The number of hydrogen-bond acceptors (Lipinski definition) is 10. The van der Waals surface area contributed by atoms with E-state index in [4.69, 9.17) is 5.73 Å². The Labute approximate surface area is 226 Å². The Kier molecular flexibility index (Phi) is 8.35. The van der Waals surface area contributed by atoms with Crippen LogP contribution in [0.1, 0.15) is 19.3 Å². The highest BCUT2D eigenvalue weighted by Crippen LogP contribution is 2.34. The third-order valence-electron chi connectivity index (χ3n) is 8.56. The fourth-order valence-corrected chi connectivity index (χ4v) is 6.48. The second-order valence-corrected chi connectivity index (χ2v) is 11.1. The van der Waals surface area contributed by atoms with Gasteiger partial charge >= 0.3 is 0 Å². The highest BCUT2D eigenvalue weighted by molar-refractivity contribution is 5.96. The molecule has 4 fully saturated rings. The number of fused-ring (bicyclic) bond motifs is 2. The minimum absolute atomic E-state index is 0.00122. The quantitative estimate of drug-likeness (QED) is 0.406. The van der Waals surface area contributed by atoms with Gasteiger partial charge in [0.1, 0.15) is 17.8 Å². The number of piperazine rings is 1. The second kappa shape index (κ2) is 11.7. The van der Waals surface area contributed by atoms with E-state index in [1.807, 2.05) is 9.80 Å². The van der Waals surface area contributed by atoms with Crippen molar-refractivity contribution in [3.05, 3.63) is 23.1 Å². The second-order valence-electron chi connectivity index (χ2n) is 11.1. The Bertz CT molecular complexity index is 1070. The number of nitrogens with one attached hydrogen (secondary N) is 2. The van der Waals surface area contributed by atoms with Gasteiger partial charge in [-0.15, -0.1) is 4.91 Å². The maximum Gasteiger partial charge on any atom is 0.234 e. The van der Waals surface area contributed by atoms with Crippen molar-refractivity contribution in [2.45, 2.75) is 43.8 Å². The van der Waals surface area contributed by atoms with E-state index in [9.17, 15) is 18.9 Å². The lowest BCUT2D eigenvalue weighted by Crippen LogP contribution is -2.62. The maximum atomic E-state index is 15.1. The van der Waals surface area contributed by atoms with Crippen LogP contribution in [0.3, 0.4) is 0 Å². The summed E-state index contributed by atoms with van der Waals surface area (Å²) < 4.78 is 29.0. The Morgan fingerprint density at radius 1 is 1.15 bits per heavy atom. The number of rotatable bonds is 7. The smallest absolute Gasteiger partial charge is 0.234 e. The van der Waals surface area contributed by atoms with Crippen molar-refractivity contribution < 1.29 is 18.4 Å². The summed E-state index contributed by atoms with van der Waals surface area (Å²) in [4.78, 5) is 49.7. The zero-order chi connectivity index (χ0) is 27.7. The van der Waals surface area contributed by atoms with E-state index in [2.05, 4.69) is 25.7 Å². The normalized spacial score (nSPS) is 29.6. The standard InChI is InChI=1S/C25H37F2N9O3/c1-33-13-16(26)10-30-23(33)20(22(28)32-39)24(37)31-19-12-29-11-18(27)21(19)35-6-2-15(3-7-35)25(38)36-9-8-34-5-4-17(36)14-34/h11-12,15-17,20,22-23,30H,2-10,13-14,28H2,1H3,(H,31,37)/t16?,17-,20?,22?,23?/m1/s1. The molecular formula is C25H37F2N9O3. The van der Waals surface area contributed by atoms with E-state index < -0.39 is 36.1 Å².